The summed E-state index contributed by atoms with van der Waals surface area (Å²) < 4.78 is 5.18. The number of methoxy groups -OCH3 is 1. The topological polar surface area (TPSA) is 29.3 Å². The highest BCUT2D eigenvalue weighted by Gasteiger charge is 2.66. The number of halogens is 2. The van der Waals surface area contributed by atoms with Gasteiger partial charge < -0.3 is 4.74 Å². The minimum atomic E-state index is -0.161. The molecule has 0 aromatic heterocycles. The second-order valence-electron chi connectivity index (χ2n) is 5.56. The average Bonchev–Trinajstić information content (AvgIpc) is 2.96. The first kappa shape index (κ1) is 12.3. The molecule has 0 aromatic rings. The number of likely N-dealkylation sites (tertiary alicyclic amines) is 1. The van der Waals surface area contributed by atoms with Crippen LogP contribution in [-0.4, -0.2) is 38.8 Å². The largest absolute Gasteiger partial charge is 0.453 e. The van der Waals surface area contributed by atoms with Crippen LogP contribution in [0.1, 0.15) is 38.5 Å². The number of fused-ring (bicyclic) bond motifs is 2. The molecule has 4 atom stereocenters. The minimum absolute atomic E-state index is 0.161. The van der Waals surface area contributed by atoms with Gasteiger partial charge in [0.1, 0.15) is 0 Å². The van der Waals surface area contributed by atoms with Crippen LogP contribution in [0.4, 0.5) is 4.79 Å². The molecule has 17 heavy (non-hydrogen) atoms. The molecule has 0 bridgehead atoms. The molecule has 3 fully saturated rings. The molecule has 2 saturated carbocycles. The molecule has 3 aliphatic rings. The number of nitrogens with zero attached hydrogens (tertiary/aromatic N) is 1. The van der Waals surface area contributed by atoms with Gasteiger partial charge in [-0.15, -0.1) is 0 Å². The van der Waals surface area contributed by atoms with Gasteiger partial charge in [-0.25, -0.2) is 4.79 Å². The third-order valence-electron chi connectivity index (χ3n) is 4.72. The van der Waals surface area contributed by atoms with Crippen LogP contribution in [0.25, 0.3) is 0 Å². The van der Waals surface area contributed by atoms with Gasteiger partial charge in [0, 0.05) is 8.65 Å². The summed E-state index contributed by atoms with van der Waals surface area (Å²) >= 11 is 7.94. The van der Waals surface area contributed by atoms with E-state index in [1.807, 2.05) is 4.90 Å². The van der Waals surface area contributed by atoms with Crippen molar-refractivity contribution in [3.63, 3.8) is 0 Å². The van der Waals surface area contributed by atoms with E-state index < -0.39 is 0 Å². The highest BCUT2D eigenvalue weighted by Crippen LogP contribution is 2.62. The van der Waals surface area contributed by atoms with Crippen LogP contribution in [0.3, 0.4) is 0 Å². The van der Waals surface area contributed by atoms with Crippen molar-refractivity contribution in [3.8, 4) is 0 Å². The van der Waals surface area contributed by atoms with Crippen molar-refractivity contribution in [3.05, 3.63) is 0 Å². The van der Waals surface area contributed by atoms with E-state index >= 15 is 0 Å². The number of amides is 1. The van der Waals surface area contributed by atoms with Gasteiger partial charge >= 0.3 is 6.09 Å². The Kier molecular flexibility index (Phi) is 2.79. The summed E-state index contributed by atoms with van der Waals surface area (Å²) in [7, 11) is 1.47. The van der Waals surface area contributed by atoms with Gasteiger partial charge in [-0.2, -0.15) is 0 Å². The lowest BCUT2D eigenvalue weighted by atomic mass is 9.70. The molecule has 96 valence electrons. The molecule has 1 saturated heterocycles. The third-order valence-corrected chi connectivity index (χ3v) is 8.21. The second kappa shape index (κ2) is 3.86. The molecule has 2 aliphatic carbocycles. The molecule has 5 heteroatoms. The molecule has 0 spiro atoms. The van der Waals surface area contributed by atoms with Crippen molar-refractivity contribution >= 4 is 38.0 Å². The zero-order chi connectivity index (χ0) is 12.3. The van der Waals surface area contributed by atoms with Crippen LogP contribution in [0.15, 0.2) is 0 Å². The van der Waals surface area contributed by atoms with Crippen LogP contribution < -0.4 is 0 Å². The number of rotatable bonds is 0. The summed E-state index contributed by atoms with van der Waals surface area (Å²) in [6.07, 6.45) is 6.93. The predicted molar refractivity (Wildman–Crippen MR) is 72.8 cm³/mol. The van der Waals surface area contributed by atoms with Gasteiger partial charge in [-0.05, 0) is 25.7 Å². The lowest BCUT2D eigenvalue weighted by Crippen LogP contribution is -2.51. The van der Waals surface area contributed by atoms with E-state index in [4.69, 9.17) is 4.74 Å². The summed E-state index contributed by atoms with van der Waals surface area (Å²) in [6.45, 7) is 0. The third kappa shape index (κ3) is 1.68. The van der Waals surface area contributed by atoms with E-state index in [2.05, 4.69) is 31.9 Å². The predicted octanol–water partition coefficient (Wildman–Crippen LogP) is 3.44. The second-order valence-corrected chi connectivity index (χ2v) is 8.59. The maximum atomic E-state index is 11.6. The summed E-state index contributed by atoms with van der Waals surface area (Å²) in [5.74, 6) is 0. The van der Waals surface area contributed by atoms with Gasteiger partial charge in [0.2, 0.25) is 0 Å². The zero-order valence-electron chi connectivity index (χ0n) is 9.92. The SMILES string of the molecule is COC(=O)N1[C@@H]2C[C@]3(Br)CCCC[C@@]3(Br)C[C@H]21. The zero-order valence-corrected chi connectivity index (χ0v) is 13.1. The summed E-state index contributed by atoms with van der Waals surface area (Å²) in [5.41, 5.74) is 0. The Morgan fingerprint density at radius 3 is 2.06 bits per heavy atom. The molecule has 0 radical (unpaired) electrons. The quantitative estimate of drug-likeness (QED) is 0.485. The van der Waals surface area contributed by atoms with Crippen LogP contribution in [0, 0.1) is 0 Å². The monoisotopic (exact) mass is 365 g/mol. The highest BCUT2D eigenvalue weighted by molar-refractivity contribution is 9.13. The first-order chi connectivity index (χ1) is 8.01. The molecule has 3 rings (SSSR count). The minimum Gasteiger partial charge on any atom is -0.453 e. The maximum Gasteiger partial charge on any atom is 0.410 e. The lowest BCUT2D eigenvalue weighted by Gasteiger charge is -2.49. The van der Waals surface area contributed by atoms with Gasteiger partial charge in [0.15, 0.2) is 0 Å². The number of ether oxygens (including phenoxy) is 1. The standard InChI is InChI=1S/C12H17Br2NO2/c1-17-10(16)15-8-6-11(13)4-2-3-5-12(11,14)7-9(8)15/h8-9H,2-7H2,1H3/t8-,9-,11-,12-/m1/s1. The van der Waals surface area contributed by atoms with Crippen LogP contribution in [0.5, 0.6) is 0 Å². The molecule has 0 N–H and O–H groups in total. The molecule has 1 amide bonds. The first-order valence-corrected chi connectivity index (χ1v) is 7.83. The Labute approximate surface area is 119 Å². The normalized spacial score (nSPS) is 48.1. The Hall–Kier alpha value is 0.230. The number of carbonyl (C=O) groups is 1. The van der Waals surface area contributed by atoms with E-state index in [1.165, 1.54) is 32.8 Å². The Morgan fingerprint density at radius 2 is 1.65 bits per heavy atom. The summed E-state index contributed by atoms with van der Waals surface area (Å²) in [5, 5.41) is 0. The van der Waals surface area contributed by atoms with Crippen molar-refractivity contribution in [2.24, 2.45) is 0 Å². The maximum absolute atomic E-state index is 11.6. The summed E-state index contributed by atoms with van der Waals surface area (Å²) in [6, 6.07) is 0.788. The molecule has 1 heterocycles. The Bertz CT molecular complexity index is 338. The van der Waals surface area contributed by atoms with Crippen LogP contribution in [-0.2, 0) is 4.74 Å². The van der Waals surface area contributed by atoms with Gasteiger partial charge in [-0.1, -0.05) is 44.7 Å². The Morgan fingerprint density at radius 1 is 1.18 bits per heavy atom. The molecule has 0 aromatic carbocycles. The van der Waals surface area contributed by atoms with Crippen molar-refractivity contribution in [2.75, 3.05) is 7.11 Å². The van der Waals surface area contributed by atoms with E-state index in [0.29, 0.717) is 12.1 Å². The molecule has 1 aliphatic heterocycles. The van der Waals surface area contributed by atoms with Crippen molar-refractivity contribution in [2.45, 2.75) is 59.3 Å². The fourth-order valence-electron chi connectivity index (χ4n) is 3.67. The van der Waals surface area contributed by atoms with Gasteiger partial charge in [0.25, 0.3) is 0 Å². The molecular weight excluding hydrogens is 350 g/mol. The van der Waals surface area contributed by atoms with E-state index in [1.54, 1.807) is 0 Å². The van der Waals surface area contributed by atoms with Crippen LogP contribution >= 0.6 is 31.9 Å². The van der Waals surface area contributed by atoms with Crippen molar-refractivity contribution in [1.82, 2.24) is 4.90 Å². The fraction of sp³-hybridized carbons (Fsp3) is 0.917. The number of hydrogen-bond acceptors (Lipinski definition) is 2. The molecule has 0 unspecified atom stereocenters. The molecule has 3 nitrogen and oxygen atoms in total. The van der Waals surface area contributed by atoms with E-state index in [9.17, 15) is 4.79 Å². The van der Waals surface area contributed by atoms with E-state index in [-0.39, 0.29) is 14.7 Å². The number of hydrogen-bond donors (Lipinski definition) is 0. The Balaban J connectivity index is 1.81. The van der Waals surface area contributed by atoms with Crippen LogP contribution in [0.2, 0.25) is 0 Å². The smallest absolute Gasteiger partial charge is 0.410 e. The van der Waals surface area contributed by atoms with E-state index in [0.717, 1.165) is 12.8 Å². The number of carbonyl (C=O) groups excluding carboxylic acids is 1. The van der Waals surface area contributed by atoms with Crippen molar-refractivity contribution in [1.29, 1.82) is 0 Å². The van der Waals surface area contributed by atoms with Gasteiger partial charge in [-0.3, -0.25) is 4.90 Å². The summed E-state index contributed by atoms with van der Waals surface area (Å²) in [4.78, 5) is 13.5. The number of alkyl halides is 2. The van der Waals surface area contributed by atoms with Crippen molar-refractivity contribution < 1.29 is 9.53 Å². The average molecular weight is 367 g/mol. The lowest BCUT2D eigenvalue weighted by molar-refractivity contribution is 0.150. The van der Waals surface area contributed by atoms with Gasteiger partial charge in [0.05, 0.1) is 19.2 Å². The first-order valence-electron chi connectivity index (χ1n) is 6.25. The fourth-order valence-corrected chi connectivity index (χ4v) is 5.62. The molecular formula is C12H17Br2NO2. The highest BCUT2D eigenvalue weighted by atomic mass is 79.9.